The average Bonchev–Trinajstić information content (AvgIpc) is 1.65. The smallest absolute Gasteiger partial charge is 0.417 e. The van der Waals surface area contributed by atoms with Gasteiger partial charge >= 0.3 is 25.6 Å². The number of anilines is 1. The number of hydrogen-bond donors (Lipinski definition) is 3. The first kappa shape index (κ1) is 100. The van der Waals surface area contributed by atoms with E-state index in [4.69, 9.17) is 94.9 Å². The minimum Gasteiger partial charge on any atom is -0.417 e. The van der Waals surface area contributed by atoms with Crippen LogP contribution in [0.1, 0.15) is 217 Å². The molecule has 2 aliphatic heterocycles. The highest BCUT2D eigenvalue weighted by molar-refractivity contribution is 6.75. The van der Waals surface area contributed by atoms with Crippen molar-refractivity contribution in [3.8, 4) is 0 Å². The van der Waals surface area contributed by atoms with Gasteiger partial charge in [-0.1, -0.05) is 159 Å². The van der Waals surface area contributed by atoms with Crippen molar-refractivity contribution in [3.63, 3.8) is 0 Å². The monoisotopic (exact) mass is 1600 g/mol. The summed E-state index contributed by atoms with van der Waals surface area (Å²) in [5, 5.41) is 29.1. The number of aromatic nitrogens is 4. The second-order valence-corrected chi connectivity index (χ2v) is 48.2. The third-order valence-corrected chi connectivity index (χ3v) is 33.8. The van der Waals surface area contributed by atoms with Crippen LogP contribution in [0, 0.1) is 26.0 Å². The van der Waals surface area contributed by atoms with Gasteiger partial charge in [0.05, 0.1) is 54.8 Å². The molecule has 0 spiro atoms. The molecule has 21 nitrogen and oxygen atoms in total. The lowest BCUT2D eigenvalue weighted by atomic mass is 9.81. The van der Waals surface area contributed by atoms with Gasteiger partial charge < -0.3 is 48.5 Å². The van der Waals surface area contributed by atoms with Crippen molar-refractivity contribution in [2.75, 3.05) is 32.2 Å². The molecule has 0 unspecified atom stereocenters. The van der Waals surface area contributed by atoms with Gasteiger partial charge in [0.15, 0.2) is 35.9 Å². The van der Waals surface area contributed by atoms with E-state index in [1.807, 2.05) is 52.9 Å². The molecule has 0 bridgehead atoms. The van der Waals surface area contributed by atoms with Crippen LogP contribution in [-0.4, -0.2) is 129 Å². The van der Waals surface area contributed by atoms with E-state index in [-0.39, 0.29) is 95.8 Å². The number of amides is 1. The summed E-state index contributed by atoms with van der Waals surface area (Å²) in [6, 6.07) is 5.86. The van der Waals surface area contributed by atoms with Crippen LogP contribution in [0.25, 0.3) is 11.6 Å². The van der Waals surface area contributed by atoms with Crippen LogP contribution in [0.2, 0.25) is 74.9 Å². The molecule has 0 atom stereocenters. The lowest BCUT2D eigenvalue weighted by molar-refractivity contribution is -0.385. The molecular weight excluding hydrogens is 1480 g/mol. The van der Waals surface area contributed by atoms with Gasteiger partial charge in [-0.05, 0) is 204 Å². The largest absolute Gasteiger partial charge is 0.489 e. The Bertz CT molecular complexity index is 3500. The van der Waals surface area contributed by atoms with Gasteiger partial charge in [0, 0.05) is 45.0 Å². The van der Waals surface area contributed by atoms with Crippen molar-refractivity contribution in [2.45, 2.75) is 267 Å². The van der Waals surface area contributed by atoms with E-state index in [0.717, 1.165) is 61.8 Å². The topological polar surface area (TPSA) is 292 Å². The Morgan fingerprint density at radius 1 is 0.686 bits per heavy atom. The number of unbranched alkanes of at least 4 members (excludes halogenated alkanes) is 1. The molecular formula is C74H123B2Cl4FN8O13Si3. The van der Waals surface area contributed by atoms with Crippen molar-refractivity contribution in [1.29, 1.82) is 0 Å². The van der Waals surface area contributed by atoms with E-state index < -0.39 is 46.5 Å². The van der Waals surface area contributed by atoms with Crippen LogP contribution in [0.5, 0.6) is 0 Å². The molecule has 105 heavy (non-hydrogen) atoms. The average molecular weight is 1600 g/mol. The number of aliphatic hydroxyl groups is 1. The van der Waals surface area contributed by atoms with Crippen molar-refractivity contribution in [2.24, 2.45) is 5.73 Å². The molecule has 4 aromatic rings. The number of pyridine rings is 4. The maximum atomic E-state index is 12.7. The number of carbonyl (C=O) groups is 1. The van der Waals surface area contributed by atoms with Crippen molar-refractivity contribution >= 4 is 120 Å². The highest BCUT2D eigenvalue weighted by Gasteiger charge is 2.52. The molecule has 5 N–H and O–H groups in total. The first-order valence-corrected chi connectivity index (χ1v) is 45.4. The first-order valence-electron chi connectivity index (χ1n) is 35.1. The van der Waals surface area contributed by atoms with Gasteiger partial charge in [0.1, 0.15) is 15.9 Å². The number of aliphatic hydroxyl groups excluding tert-OH is 1. The molecule has 2 fully saturated rings. The molecule has 0 radical (unpaired) electrons. The predicted octanol–water partition coefficient (Wildman–Crippen LogP) is 21.3. The van der Waals surface area contributed by atoms with E-state index in [9.17, 15) is 29.4 Å². The van der Waals surface area contributed by atoms with Gasteiger partial charge in [-0.25, -0.2) is 19.3 Å². The van der Waals surface area contributed by atoms with Crippen LogP contribution < -0.4 is 11.5 Å². The Morgan fingerprint density at radius 2 is 1.11 bits per heavy atom. The fourth-order valence-electron chi connectivity index (χ4n) is 8.09. The number of nitrogen functional groups attached to an aromatic ring is 1. The Labute approximate surface area is 651 Å². The first-order chi connectivity index (χ1) is 47.6. The Kier molecular flexibility index (Phi) is 41.0. The van der Waals surface area contributed by atoms with E-state index in [1.165, 1.54) is 17.8 Å². The number of aryl methyl sites for hydroxylation is 1. The fourth-order valence-corrected chi connectivity index (χ4v) is 12.2. The highest BCUT2D eigenvalue weighted by Crippen LogP contribution is 2.42. The molecule has 0 saturated carbocycles. The summed E-state index contributed by atoms with van der Waals surface area (Å²) in [7, 11) is -5.47. The Morgan fingerprint density at radius 3 is 1.50 bits per heavy atom. The maximum Gasteiger partial charge on any atom is 0.489 e. The number of nitro groups is 2. The Balaban J connectivity index is 0.00000125. The maximum absolute atomic E-state index is 12.7. The minimum absolute atomic E-state index is 0.00463. The van der Waals surface area contributed by atoms with Gasteiger partial charge in [0.25, 0.3) is 5.91 Å². The summed E-state index contributed by atoms with van der Waals surface area (Å²) >= 11 is 21.5. The molecule has 0 aromatic carbocycles. The number of primary amides is 1. The van der Waals surface area contributed by atoms with Gasteiger partial charge in [-0.15, -0.1) is 6.58 Å². The van der Waals surface area contributed by atoms with E-state index in [1.54, 1.807) is 32.2 Å². The Hall–Kier alpha value is -4.82. The highest BCUT2D eigenvalue weighted by atomic mass is 35.5. The molecule has 31 heteroatoms. The minimum atomic E-state index is -1.75. The normalized spacial score (nSPS) is 15.3. The van der Waals surface area contributed by atoms with Crippen LogP contribution >= 0.6 is 46.4 Å². The second-order valence-electron chi connectivity index (χ2n) is 32.3. The summed E-state index contributed by atoms with van der Waals surface area (Å²) in [4.78, 5) is 46.4. The summed E-state index contributed by atoms with van der Waals surface area (Å²) in [6.45, 7) is 70.0. The van der Waals surface area contributed by atoms with E-state index in [2.05, 4.69) is 188 Å². The fraction of sp³-hybridized carbons (Fsp3) is 0.608. The summed E-state index contributed by atoms with van der Waals surface area (Å²) in [6.07, 6.45) is 15.4. The van der Waals surface area contributed by atoms with Crippen LogP contribution in [0.4, 0.5) is 21.5 Å². The second kappa shape index (κ2) is 43.0. The molecule has 1 amide bonds. The van der Waals surface area contributed by atoms with Crippen LogP contribution in [-0.2, 0) is 38.3 Å². The van der Waals surface area contributed by atoms with Crippen LogP contribution in [0.15, 0.2) is 79.6 Å². The third-order valence-electron chi connectivity index (χ3n) is 19.1. The molecule has 6 rings (SSSR count). The lowest BCUT2D eigenvalue weighted by Crippen LogP contribution is -2.41. The molecule has 6 heterocycles. The number of nitrogens with two attached hydrogens (primary N) is 2. The van der Waals surface area contributed by atoms with E-state index >= 15 is 0 Å². The number of hydrogen-bond acceptors (Lipinski definition) is 18. The van der Waals surface area contributed by atoms with Crippen molar-refractivity contribution < 1.29 is 56.0 Å². The number of nitrogens with zero attached hydrogens (tertiary/aromatic N) is 6. The molecule has 2 saturated heterocycles. The zero-order chi connectivity index (χ0) is 82.0. The SMILES string of the molecule is C=C(C)B1OC(C)(C)C(C)(C)O1.C=C(C)c1nccc(/C=C/CCO[Si](C)(C)C(C)(C)C)c1[N+](=O)[O-].CC(C)c1nccc(CCCCO[Si](C)(C)C(C)(C)C)c1N.CC1(C)OB(/C=C/CCO[Si](C)(C)C(C)(C)C)OC1(C)C.CCO.NC(=O)c1cc(F)c(Cl)nc1Cl.O=[N+]([O-])c1c(Cl)ccnc1Cl. The summed E-state index contributed by atoms with van der Waals surface area (Å²) < 4.78 is 54.4. The summed E-state index contributed by atoms with van der Waals surface area (Å²) in [5.74, 6) is 0.714. The van der Waals surface area contributed by atoms with Crippen molar-refractivity contribution in [3.05, 3.63) is 154 Å². The number of rotatable bonds is 22. The van der Waals surface area contributed by atoms with Crippen molar-refractivity contribution in [1.82, 2.24) is 19.9 Å². The van der Waals surface area contributed by atoms with Gasteiger partial charge in [-0.3, -0.25) is 30.0 Å². The molecule has 590 valence electrons. The molecule has 4 aromatic heterocycles. The van der Waals surface area contributed by atoms with E-state index in [0.29, 0.717) is 35.8 Å². The lowest BCUT2D eigenvalue weighted by Gasteiger charge is -2.36. The zero-order valence-corrected chi connectivity index (χ0v) is 74.0. The zero-order valence-electron chi connectivity index (χ0n) is 67.9. The predicted molar refractivity (Wildman–Crippen MR) is 442 cm³/mol. The number of allylic oxidation sites excluding steroid dienone is 2. The standard InChI is InChI=1S/C18H28N2O3Si.C18H34N2OSi.C16H33BO3Si.C9H17BO2.C6H3Cl2FN2O.C5H2Cl2N2O2.C2H6O/c1-14(2)16-17(20(21)22)15(11-12-19-16)10-8-9-13-23-24(6,7)18(3,4)5;1-14(2)17-16(19)15(11-12-20-17)10-8-9-13-21-22(6,7)18(3,4)5;1-14(2,3)21(8,9)18-13-11-10-12-17-19-15(4,5)16(6,7)20-17;1-7(2)10-11-8(3,4)9(5,6)12-10;7-4-2(6(10)12)1-3(9)5(8)11-4;6-3-1-2-8-5(7)4(3)9(10)11;1-2-3/h8,10-12H,1,9,13H2,2-7H3;11-12,14H,8-10,13,19H2,1-7H3;10,12H,11,13H2,1-9H3;1H2,2-6H3;1H,(H2,10,12);1-2H;3H,2H2,1H3/b10-8+;;12-10+;;;;. The quantitative estimate of drug-likeness (QED) is 0.0217. The number of halogens is 5. The van der Waals surface area contributed by atoms with Crippen LogP contribution in [0.3, 0.4) is 0 Å². The third kappa shape index (κ3) is 32.7. The summed E-state index contributed by atoms with van der Waals surface area (Å²) in [5.41, 5.74) is 15.1. The number of carbonyl (C=O) groups excluding carboxylic acids is 1. The molecule has 0 aliphatic carbocycles. The van der Waals surface area contributed by atoms with Gasteiger partial charge in [-0.2, -0.15) is 0 Å². The molecule has 2 aliphatic rings. The van der Waals surface area contributed by atoms with Gasteiger partial charge in [0.2, 0.25) is 5.15 Å².